The molecule has 0 spiro atoms. The Balaban J connectivity index is 1.83. The van der Waals surface area contributed by atoms with Crippen molar-refractivity contribution in [2.75, 3.05) is 39.2 Å². The lowest BCUT2D eigenvalue weighted by Gasteiger charge is -2.30. The van der Waals surface area contributed by atoms with Gasteiger partial charge in [-0.2, -0.15) is 0 Å². The van der Waals surface area contributed by atoms with Gasteiger partial charge in [-0.1, -0.05) is 19.8 Å². The molecule has 3 atom stereocenters. The van der Waals surface area contributed by atoms with Gasteiger partial charge in [0.05, 0.1) is 11.7 Å². The van der Waals surface area contributed by atoms with Gasteiger partial charge in [0.2, 0.25) is 5.91 Å². The molecule has 2 amide bonds. The van der Waals surface area contributed by atoms with E-state index in [2.05, 4.69) is 24.5 Å². The fourth-order valence-electron chi connectivity index (χ4n) is 4.17. The number of benzene rings is 1. The van der Waals surface area contributed by atoms with Crippen molar-refractivity contribution in [1.82, 2.24) is 10.2 Å². The Kier molecular flexibility index (Phi) is 7.72. The zero-order chi connectivity index (χ0) is 21.7. The molecule has 0 aromatic heterocycles. The average molecular weight is 418 g/mol. The second kappa shape index (κ2) is 10.3. The van der Waals surface area contributed by atoms with Gasteiger partial charge in [0.25, 0.3) is 5.91 Å². The van der Waals surface area contributed by atoms with Gasteiger partial charge in [-0.25, -0.2) is 0 Å². The minimum absolute atomic E-state index is 0.0519. The number of carbonyl (C=O) groups is 2. The van der Waals surface area contributed by atoms with Crippen molar-refractivity contribution >= 4 is 17.5 Å². The van der Waals surface area contributed by atoms with Crippen LogP contribution in [0.5, 0.6) is 5.75 Å². The van der Waals surface area contributed by atoms with Crippen molar-refractivity contribution < 1.29 is 19.1 Å². The van der Waals surface area contributed by atoms with E-state index in [1.165, 1.54) is 0 Å². The first kappa shape index (κ1) is 22.6. The number of hydrogen-bond donors (Lipinski definition) is 2. The van der Waals surface area contributed by atoms with Crippen LogP contribution in [-0.2, 0) is 9.53 Å². The molecule has 0 radical (unpaired) electrons. The summed E-state index contributed by atoms with van der Waals surface area (Å²) >= 11 is 0. The molecule has 1 heterocycles. The summed E-state index contributed by atoms with van der Waals surface area (Å²) < 4.78 is 11.7. The fraction of sp³-hybridized carbons (Fsp3) is 0.652. The van der Waals surface area contributed by atoms with Crippen LogP contribution in [-0.4, -0.2) is 62.7 Å². The van der Waals surface area contributed by atoms with Crippen LogP contribution in [0.4, 0.5) is 5.69 Å². The Morgan fingerprint density at radius 3 is 2.70 bits per heavy atom. The van der Waals surface area contributed by atoms with Crippen molar-refractivity contribution in [1.29, 1.82) is 0 Å². The number of ether oxygens (including phenoxy) is 2. The molecule has 1 fully saturated rings. The second-order valence-corrected chi connectivity index (χ2v) is 8.74. The molecule has 1 aliphatic carbocycles. The predicted octanol–water partition coefficient (Wildman–Crippen LogP) is 2.91. The van der Waals surface area contributed by atoms with Gasteiger partial charge in [0, 0.05) is 51.0 Å². The number of nitrogens with one attached hydrogen (secondary N) is 2. The van der Waals surface area contributed by atoms with Gasteiger partial charge < -0.3 is 25.0 Å². The molecule has 3 rings (SSSR count). The first-order chi connectivity index (χ1) is 14.4. The van der Waals surface area contributed by atoms with Crippen LogP contribution in [0.2, 0.25) is 0 Å². The molecule has 7 nitrogen and oxygen atoms in total. The minimum Gasteiger partial charge on any atom is -0.491 e. The predicted molar refractivity (Wildman–Crippen MR) is 117 cm³/mol. The molecule has 1 aliphatic heterocycles. The van der Waals surface area contributed by atoms with E-state index >= 15 is 0 Å². The molecule has 166 valence electrons. The number of anilines is 1. The third-order valence-corrected chi connectivity index (χ3v) is 6.22. The molecule has 1 aromatic rings. The Morgan fingerprint density at radius 1 is 1.27 bits per heavy atom. The number of likely N-dealkylation sites (N-methyl/N-ethyl adjacent to an activating group) is 1. The number of fused-ring (bicyclic) bond motifs is 1. The molecule has 0 unspecified atom stereocenters. The lowest BCUT2D eigenvalue weighted by Crippen LogP contribution is -2.44. The molecule has 0 saturated heterocycles. The summed E-state index contributed by atoms with van der Waals surface area (Å²) in [5, 5.41) is 6.48. The van der Waals surface area contributed by atoms with Gasteiger partial charge in [0.1, 0.15) is 12.4 Å². The Morgan fingerprint density at radius 2 is 2.00 bits per heavy atom. The number of rotatable bonds is 3. The zero-order valence-electron chi connectivity index (χ0n) is 18.6. The third-order valence-electron chi connectivity index (χ3n) is 6.22. The number of hydrogen-bond acceptors (Lipinski definition) is 5. The maximum Gasteiger partial charge on any atom is 0.257 e. The quantitative estimate of drug-likeness (QED) is 0.791. The maximum absolute atomic E-state index is 13.1. The summed E-state index contributed by atoms with van der Waals surface area (Å²) in [5.41, 5.74) is 1.16. The minimum atomic E-state index is -0.117. The van der Waals surface area contributed by atoms with Crippen molar-refractivity contribution in [3.05, 3.63) is 23.8 Å². The van der Waals surface area contributed by atoms with Crippen molar-refractivity contribution in [2.45, 2.75) is 51.7 Å². The third kappa shape index (κ3) is 5.52. The van der Waals surface area contributed by atoms with Gasteiger partial charge in [-0.3, -0.25) is 9.59 Å². The normalized spacial score (nSPS) is 26.3. The summed E-state index contributed by atoms with van der Waals surface area (Å²) in [7, 11) is 3.47. The molecular weight excluding hydrogens is 382 g/mol. The van der Waals surface area contributed by atoms with E-state index in [1.807, 2.05) is 0 Å². The summed E-state index contributed by atoms with van der Waals surface area (Å²) in [5.74, 6) is 0.758. The average Bonchev–Trinajstić information content (AvgIpc) is 3.28. The van der Waals surface area contributed by atoms with E-state index in [-0.39, 0.29) is 35.8 Å². The second-order valence-electron chi connectivity index (χ2n) is 8.74. The lowest BCUT2D eigenvalue weighted by molar-refractivity contribution is -0.119. The summed E-state index contributed by atoms with van der Waals surface area (Å²) in [6, 6.07) is 5.41. The highest BCUT2D eigenvalue weighted by Gasteiger charge is 2.26. The molecule has 1 aromatic carbocycles. The SMILES string of the molecule is CO[C@H]1CN(C)C(=O)c2ccc(NC(=O)C3CCCC3)cc2OC[C@H](C)NC[C@@H]1C. The van der Waals surface area contributed by atoms with Crippen LogP contribution in [0.3, 0.4) is 0 Å². The van der Waals surface area contributed by atoms with Crippen LogP contribution < -0.4 is 15.4 Å². The smallest absolute Gasteiger partial charge is 0.257 e. The van der Waals surface area contributed by atoms with E-state index in [4.69, 9.17) is 9.47 Å². The Hall–Kier alpha value is -2.12. The van der Waals surface area contributed by atoms with Crippen LogP contribution in [0.25, 0.3) is 0 Å². The first-order valence-electron chi connectivity index (χ1n) is 11.0. The van der Waals surface area contributed by atoms with Crippen molar-refractivity contribution in [3.63, 3.8) is 0 Å². The Bertz CT molecular complexity index is 748. The van der Waals surface area contributed by atoms with Crippen LogP contribution in [0.1, 0.15) is 49.9 Å². The number of nitrogens with zero attached hydrogens (tertiary/aromatic N) is 1. The van der Waals surface area contributed by atoms with E-state index in [0.29, 0.717) is 30.2 Å². The number of amides is 2. The molecule has 1 saturated carbocycles. The van der Waals surface area contributed by atoms with Crippen molar-refractivity contribution in [3.8, 4) is 5.75 Å². The van der Waals surface area contributed by atoms with Gasteiger partial charge in [0.15, 0.2) is 0 Å². The Labute approximate surface area is 179 Å². The molecule has 2 N–H and O–H groups in total. The molecule has 30 heavy (non-hydrogen) atoms. The zero-order valence-corrected chi connectivity index (χ0v) is 18.6. The largest absolute Gasteiger partial charge is 0.491 e. The standard InChI is InChI=1S/C23H35N3O4/c1-15-12-24-16(2)14-30-20-11-18(25-22(27)17-7-5-6-8-17)9-10-19(20)23(28)26(3)13-21(15)29-4/h9-11,15-17,21,24H,5-8,12-14H2,1-4H3,(H,25,27)/t15-,16-,21-/m0/s1. The number of methoxy groups -OCH3 is 1. The van der Waals surface area contributed by atoms with E-state index in [9.17, 15) is 9.59 Å². The highest BCUT2D eigenvalue weighted by molar-refractivity contribution is 5.98. The van der Waals surface area contributed by atoms with Gasteiger partial charge in [-0.05, 0) is 37.8 Å². The summed E-state index contributed by atoms with van der Waals surface area (Å²) in [6.07, 6.45) is 4.04. The van der Waals surface area contributed by atoms with Crippen LogP contribution in [0, 0.1) is 11.8 Å². The molecular formula is C23H35N3O4. The molecule has 2 aliphatic rings. The number of carbonyl (C=O) groups excluding carboxylic acids is 2. The van der Waals surface area contributed by atoms with Crippen molar-refractivity contribution in [2.24, 2.45) is 11.8 Å². The molecule has 0 bridgehead atoms. The first-order valence-corrected chi connectivity index (χ1v) is 11.0. The van der Waals surface area contributed by atoms with E-state index in [1.54, 1.807) is 37.3 Å². The molecule has 7 heteroatoms. The van der Waals surface area contributed by atoms with Crippen LogP contribution in [0.15, 0.2) is 18.2 Å². The fourth-order valence-corrected chi connectivity index (χ4v) is 4.17. The monoisotopic (exact) mass is 417 g/mol. The summed E-state index contributed by atoms with van der Waals surface area (Å²) in [6.45, 7) is 5.86. The van der Waals surface area contributed by atoms with Gasteiger partial charge in [-0.15, -0.1) is 0 Å². The van der Waals surface area contributed by atoms with Crippen LogP contribution >= 0.6 is 0 Å². The maximum atomic E-state index is 13.1. The summed E-state index contributed by atoms with van der Waals surface area (Å²) in [4.78, 5) is 27.3. The van der Waals surface area contributed by atoms with E-state index in [0.717, 1.165) is 32.2 Å². The topological polar surface area (TPSA) is 79.9 Å². The highest BCUT2D eigenvalue weighted by Crippen LogP contribution is 2.29. The highest BCUT2D eigenvalue weighted by atomic mass is 16.5. The lowest BCUT2D eigenvalue weighted by atomic mass is 10.0. The van der Waals surface area contributed by atoms with E-state index < -0.39 is 0 Å². The van der Waals surface area contributed by atoms with Gasteiger partial charge >= 0.3 is 0 Å².